The average molecular weight is 467 g/mol. The molecule has 142 valence electrons. The van der Waals surface area contributed by atoms with Gasteiger partial charge in [0.25, 0.3) is 0 Å². The zero-order valence-corrected chi connectivity index (χ0v) is 18.2. The monoisotopic (exact) mass is 466 g/mol. The maximum absolute atomic E-state index is 12.2. The van der Waals surface area contributed by atoms with Crippen molar-refractivity contribution in [3.05, 3.63) is 50.8 Å². The Hall–Kier alpha value is -1.90. The SMILES string of the molecule is COc1ccc(CCNC(=O)Cc2csc(-c3cc(Br)cs3)n2)c(OC)c1. The Morgan fingerprint density at radius 2 is 2.04 bits per heavy atom. The lowest BCUT2D eigenvalue weighted by Crippen LogP contribution is -2.27. The van der Waals surface area contributed by atoms with E-state index in [0.29, 0.717) is 13.0 Å². The van der Waals surface area contributed by atoms with Gasteiger partial charge in [-0.15, -0.1) is 22.7 Å². The Labute approximate surface area is 174 Å². The van der Waals surface area contributed by atoms with Crippen molar-refractivity contribution in [3.63, 3.8) is 0 Å². The quantitative estimate of drug-likeness (QED) is 0.528. The Kier molecular flexibility index (Phi) is 6.87. The first kappa shape index (κ1) is 19.9. The third-order valence-corrected chi connectivity index (χ3v) is 6.63. The number of thiophene rings is 1. The Morgan fingerprint density at radius 3 is 2.74 bits per heavy atom. The van der Waals surface area contributed by atoms with E-state index in [-0.39, 0.29) is 12.3 Å². The molecule has 1 N–H and O–H groups in total. The van der Waals surface area contributed by atoms with Crippen LogP contribution in [0.1, 0.15) is 11.3 Å². The van der Waals surface area contributed by atoms with Crippen molar-refractivity contribution in [2.24, 2.45) is 0 Å². The second-order valence-corrected chi connectivity index (χ2v) is 8.41. The minimum absolute atomic E-state index is 0.0355. The van der Waals surface area contributed by atoms with E-state index >= 15 is 0 Å². The molecule has 3 rings (SSSR count). The van der Waals surface area contributed by atoms with Gasteiger partial charge in [-0.1, -0.05) is 6.07 Å². The molecule has 0 aliphatic heterocycles. The van der Waals surface area contributed by atoms with Gasteiger partial charge in [-0.2, -0.15) is 0 Å². The lowest BCUT2D eigenvalue weighted by Gasteiger charge is -2.10. The van der Waals surface area contributed by atoms with Gasteiger partial charge in [-0.05, 0) is 40.0 Å². The van der Waals surface area contributed by atoms with Gasteiger partial charge >= 0.3 is 0 Å². The number of nitrogens with one attached hydrogen (secondary N) is 1. The summed E-state index contributed by atoms with van der Waals surface area (Å²) in [5.41, 5.74) is 1.82. The lowest BCUT2D eigenvalue weighted by molar-refractivity contribution is -0.120. The van der Waals surface area contributed by atoms with Crippen LogP contribution in [0, 0.1) is 0 Å². The maximum atomic E-state index is 12.2. The Bertz CT molecular complexity index is 923. The van der Waals surface area contributed by atoms with Gasteiger partial charge in [-0.3, -0.25) is 4.79 Å². The summed E-state index contributed by atoms with van der Waals surface area (Å²) < 4.78 is 11.6. The van der Waals surface area contributed by atoms with Crippen LogP contribution in [0.2, 0.25) is 0 Å². The molecule has 0 fully saturated rings. The van der Waals surface area contributed by atoms with Crippen molar-refractivity contribution >= 4 is 44.5 Å². The third kappa shape index (κ3) is 5.31. The first-order valence-corrected chi connectivity index (χ1v) is 10.8. The number of rotatable bonds is 8. The fourth-order valence-electron chi connectivity index (χ4n) is 2.55. The second-order valence-electron chi connectivity index (χ2n) is 5.73. The van der Waals surface area contributed by atoms with E-state index in [9.17, 15) is 4.79 Å². The van der Waals surface area contributed by atoms with Crippen molar-refractivity contribution in [2.75, 3.05) is 20.8 Å². The van der Waals surface area contributed by atoms with Gasteiger partial charge in [-0.25, -0.2) is 4.98 Å². The number of hydrogen-bond donors (Lipinski definition) is 1. The van der Waals surface area contributed by atoms with Crippen LogP contribution >= 0.6 is 38.6 Å². The molecule has 2 aromatic heterocycles. The zero-order chi connectivity index (χ0) is 19.2. The standard InChI is InChI=1S/C19H19BrN2O3S2/c1-24-15-4-3-12(16(9-15)25-2)5-6-21-18(23)8-14-11-27-19(22-14)17-7-13(20)10-26-17/h3-4,7,9-11H,5-6,8H2,1-2H3,(H,21,23). The molecule has 1 amide bonds. The third-order valence-electron chi connectivity index (χ3n) is 3.88. The number of methoxy groups -OCH3 is 2. The molecule has 0 aliphatic rings. The summed E-state index contributed by atoms with van der Waals surface area (Å²) in [7, 11) is 3.25. The number of amides is 1. The van der Waals surface area contributed by atoms with E-state index in [1.807, 2.05) is 35.0 Å². The first-order valence-electron chi connectivity index (χ1n) is 8.25. The molecule has 5 nitrogen and oxygen atoms in total. The van der Waals surface area contributed by atoms with Gasteiger partial charge < -0.3 is 14.8 Å². The summed E-state index contributed by atoms with van der Waals surface area (Å²) in [6, 6.07) is 7.72. The summed E-state index contributed by atoms with van der Waals surface area (Å²) >= 11 is 6.64. The van der Waals surface area contributed by atoms with E-state index < -0.39 is 0 Å². The molecule has 2 heterocycles. The van der Waals surface area contributed by atoms with Crippen molar-refractivity contribution < 1.29 is 14.3 Å². The molecule has 0 atom stereocenters. The highest BCUT2D eigenvalue weighted by Crippen LogP contribution is 2.32. The topological polar surface area (TPSA) is 60.5 Å². The minimum atomic E-state index is -0.0355. The number of nitrogens with zero attached hydrogens (tertiary/aromatic N) is 1. The molecule has 0 spiro atoms. The molecule has 0 aliphatic carbocycles. The number of carbonyl (C=O) groups excluding carboxylic acids is 1. The molecule has 0 radical (unpaired) electrons. The number of aromatic nitrogens is 1. The molecule has 3 aromatic rings. The van der Waals surface area contributed by atoms with Gasteiger partial charge in [0.1, 0.15) is 16.5 Å². The molecular formula is C19H19BrN2O3S2. The minimum Gasteiger partial charge on any atom is -0.497 e. The maximum Gasteiger partial charge on any atom is 0.226 e. The van der Waals surface area contributed by atoms with Crippen LogP contribution in [0.3, 0.4) is 0 Å². The van der Waals surface area contributed by atoms with Crippen molar-refractivity contribution in [2.45, 2.75) is 12.8 Å². The van der Waals surface area contributed by atoms with E-state index in [2.05, 4.69) is 26.2 Å². The Morgan fingerprint density at radius 1 is 1.19 bits per heavy atom. The fraction of sp³-hybridized carbons (Fsp3) is 0.263. The predicted octanol–water partition coefficient (Wildman–Crippen LogP) is 4.55. The van der Waals surface area contributed by atoms with Crippen LogP contribution in [-0.4, -0.2) is 31.7 Å². The smallest absolute Gasteiger partial charge is 0.226 e. The van der Waals surface area contributed by atoms with E-state index in [4.69, 9.17) is 9.47 Å². The number of halogens is 1. The van der Waals surface area contributed by atoms with E-state index in [1.165, 1.54) is 0 Å². The summed E-state index contributed by atoms with van der Waals surface area (Å²) in [6.07, 6.45) is 0.966. The van der Waals surface area contributed by atoms with E-state index in [0.717, 1.165) is 37.1 Å². The average Bonchev–Trinajstić information content (AvgIpc) is 3.30. The predicted molar refractivity (Wildman–Crippen MR) is 113 cm³/mol. The molecule has 0 saturated carbocycles. The first-order chi connectivity index (χ1) is 13.1. The summed E-state index contributed by atoms with van der Waals surface area (Å²) in [6.45, 7) is 0.538. The number of benzene rings is 1. The molecule has 0 saturated heterocycles. The summed E-state index contributed by atoms with van der Waals surface area (Å²) in [5, 5.41) is 7.85. The molecule has 8 heteroatoms. The summed E-state index contributed by atoms with van der Waals surface area (Å²) in [4.78, 5) is 17.9. The lowest BCUT2D eigenvalue weighted by atomic mass is 10.1. The van der Waals surface area contributed by atoms with E-state index in [1.54, 1.807) is 36.9 Å². The van der Waals surface area contributed by atoms with Crippen LogP contribution < -0.4 is 14.8 Å². The van der Waals surface area contributed by atoms with Crippen molar-refractivity contribution in [1.29, 1.82) is 0 Å². The number of ether oxygens (including phenoxy) is 2. The van der Waals surface area contributed by atoms with Crippen molar-refractivity contribution in [3.8, 4) is 21.4 Å². The van der Waals surface area contributed by atoms with Gasteiger partial charge in [0.05, 0.1) is 31.2 Å². The number of thiazole rings is 1. The van der Waals surface area contributed by atoms with Crippen LogP contribution in [0.5, 0.6) is 11.5 Å². The molecule has 1 aromatic carbocycles. The van der Waals surface area contributed by atoms with Crippen molar-refractivity contribution in [1.82, 2.24) is 10.3 Å². The molecular weight excluding hydrogens is 448 g/mol. The number of hydrogen-bond acceptors (Lipinski definition) is 6. The molecule has 0 unspecified atom stereocenters. The molecule has 27 heavy (non-hydrogen) atoms. The summed E-state index contributed by atoms with van der Waals surface area (Å²) in [5.74, 6) is 1.47. The highest BCUT2D eigenvalue weighted by Gasteiger charge is 2.11. The van der Waals surface area contributed by atoms with Gasteiger partial charge in [0, 0.05) is 27.8 Å². The largest absolute Gasteiger partial charge is 0.497 e. The Balaban J connectivity index is 1.51. The highest BCUT2D eigenvalue weighted by atomic mass is 79.9. The van der Waals surface area contributed by atoms with Crippen LogP contribution in [-0.2, 0) is 17.6 Å². The van der Waals surface area contributed by atoms with Crippen LogP contribution in [0.4, 0.5) is 0 Å². The molecule has 0 bridgehead atoms. The highest BCUT2D eigenvalue weighted by molar-refractivity contribution is 9.10. The number of carbonyl (C=O) groups is 1. The zero-order valence-electron chi connectivity index (χ0n) is 15.0. The van der Waals surface area contributed by atoms with Gasteiger partial charge in [0.2, 0.25) is 5.91 Å². The van der Waals surface area contributed by atoms with Crippen LogP contribution in [0.15, 0.2) is 39.5 Å². The normalized spacial score (nSPS) is 10.6. The fourth-order valence-corrected chi connectivity index (χ4v) is 4.88. The second kappa shape index (κ2) is 9.34. The van der Waals surface area contributed by atoms with Gasteiger partial charge in [0.15, 0.2) is 0 Å². The van der Waals surface area contributed by atoms with Crippen LogP contribution in [0.25, 0.3) is 9.88 Å².